The van der Waals surface area contributed by atoms with E-state index in [1.165, 1.54) is 0 Å². The summed E-state index contributed by atoms with van der Waals surface area (Å²) in [5.41, 5.74) is 0. The van der Waals surface area contributed by atoms with Crippen LogP contribution in [0.4, 0.5) is 0 Å². The zero-order valence-corrected chi connectivity index (χ0v) is 13.5. The molecule has 0 saturated carbocycles. The van der Waals surface area contributed by atoms with Crippen molar-refractivity contribution < 1.29 is 13.8 Å². The van der Waals surface area contributed by atoms with Gasteiger partial charge < -0.3 is 13.8 Å². The third-order valence-corrected chi connectivity index (χ3v) is 4.45. The van der Waals surface area contributed by atoms with Crippen LogP contribution in [0.5, 0.6) is 5.75 Å². The fourth-order valence-electron chi connectivity index (χ4n) is 1.21. The Balaban J connectivity index is 2.97. The molecule has 1 unspecified atom stereocenters. The summed E-state index contributed by atoms with van der Waals surface area (Å²) in [7, 11) is 0. The van der Waals surface area contributed by atoms with Crippen LogP contribution < -0.4 is 4.52 Å². The van der Waals surface area contributed by atoms with Gasteiger partial charge in [0, 0.05) is 24.9 Å². The van der Waals surface area contributed by atoms with Gasteiger partial charge in [-0.1, -0.05) is 11.6 Å². The number of halogens is 1. The normalized spacial score (nSPS) is 14.8. The molecule has 5 nitrogen and oxygen atoms in total. The van der Waals surface area contributed by atoms with Crippen LogP contribution in [-0.2, 0) is 21.1 Å². The number of pyridine rings is 1. The van der Waals surface area contributed by atoms with E-state index in [4.69, 9.17) is 37.2 Å². The molecule has 0 aliphatic heterocycles. The first-order valence-electron chi connectivity index (χ1n) is 5.75. The Labute approximate surface area is 123 Å². The monoisotopic (exact) mass is 322 g/mol. The van der Waals surface area contributed by atoms with Crippen LogP contribution in [0.3, 0.4) is 0 Å². The predicted molar refractivity (Wildman–Crippen MR) is 80.5 cm³/mol. The molecule has 0 radical (unpaired) electrons. The van der Waals surface area contributed by atoms with Crippen molar-refractivity contribution in [1.82, 2.24) is 4.98 Å². The van der Waals surface area contributed by atoms with Gasteiger partial charge in [-0.2, -0.15) is 4.76 Å². The molecule has 1 heterocycles. The van der Waals surface area contributed by atoms with Crippen molar-refractivity contribution in [1.29, 1.82) is 0 Å². The lowest BCUT2D eigenvalue weighted by atomic mass is 10.5. The largest absolute Gasteiger partial charge is 0.481 e. The van der Waals surface area contributed by atoms with E-state index in [0.29, 0.717) is 24.9 Å². The molecule has 1 atom stereocenters. The number of ether oxygens (including phenoxy) is 1. The van der Waals surface area contributed by atoms with Gasteiger partial charge in [-0.3, -0.25) is 0 Å². The Morgan fingerprint density at radius 2 is 2.21 bits per heavy atom. The summed E-state index contributed by atoms with van der Waals surface area (Å²) in [5.74, 6) is 0.785. The molecule has 0 aromatic carbocycles. The molecular formula is C11H16ClN2O3PS. The Kier molecular flexibility index (Phi) is 6.72. The van der Waals surface area contributed by atoms with Crippen molar-refractivity contribution >= 4 is 35.9 Å². The van der Waals surface area contributed by atoms with Crippen LogP contribution in [0, 0.1) is 0 Å². The molecule has 0 amide bonds. The minimum absolute atomic E-state index is 0.223. The van der Waals surface area contributed by atoms with Gasteiger partial charge in [-0.25, -0.2) is 4.98 Å². The SMILES string of the molecule is CCOC(C)=NP(=S)(OCC)Oc1cccnc1Cl. The second-order valence-electron chi connectivity index (χ2n) is 3.32. The molecule has 19 heavy (non-hydrogen) atoms. The maximum Gasteiger partial charge on any atom is 0.364 e. The minimum atomic E-state index is -2.88. The zero-order valence-electron chi connectivity index (χ0n) is 11.0. The fourth-order valence-corrected chi connectivity index (χ4v) is 3.60. The first kappa shape index (κ1) is 16.4. The number of nitrogens with zero attached hydrogens (tertiary/aromatic N) is 2. The highest BCUT2D eigenvalue weighted by Crippen LogP contribution is 2.51. The van der Waals surface area contributed by atoms with Crippen LogP contribution in [0.15, 0.2) is 23.1 Å². The molecule has 1 aromatic heterocycles. The molecule has 0 aliphatic rings. The maximum atomic E-state index is 5.93. The average molecular weight is 323 g/mol. The van der Waals surface area contributed by atoms with E-state index >= 15 is 0 Å². The molecule has 8 heteroatoms. The maximum absolute atomic E-state index is 5.93. The van der Waals surface area contributed by atoms with Crippen LogP contribution in [0.1, 0.15) is 20.8 Å². The van der Waals surface area contributed by atoms with Gasteiger partial charge in [0.1, 0.15) is 0 Å². The van der Waals surface area contributed by atoms with E-state index in [9.17, 15) is 0 Å². The third-order valence-electron chi connectivity index (χ3n) is 1.85. The van der Waals surface area contributed by atoms with Crippen molar-refractivity contribution in [3.05, 3.63) is 23.5 Å². The number of aromatic nitrogens is 1. The molecule has 106 valence electrons. The highest BCUT2D eigenvalue weighted by atomic mass is 35.5. The fraction of sp³-hybridized carbons (Fsp3) is 0.455. The standard InChI is InChI=1S/C11H16ClN2O3PS/c1-4-15-9(3)14-18(19,16-5-2)17-10-7-6-8-13-11(10)12/h6-8H,4-5H2,1-3H3. The summed E-state index contributed by atoms with van der Waals surface area (Å²) >= 11 is 11.3. The zero-order chi connectivity index (χ0) is 14.3. The van der Waals surface area contributed by atoms with Crippen molar-refractivity contribution in [2.24, 2.45) is 4.76 Å². The Morgan fingerprint density at radius 3 is 2.79 bits per heavy atom. The molecule has 1 aromatic rings. The first-order chi connectivity index (χ1) is 9.00. The van der Waals surface area contributed by atoms with Crippen molar-refractivity contribution in [3.8, 4) is 5.75 Å². The molecular weight excluding hydrogens is 307 g/mol. The second kappa shape index (κ2) is 7.80. The summed E-state index contributed by atoms with van der Waals surface area (Å²) < 4.78 is 20.6. The lowest BCUT2D eigenvalue weighted by molar-refractivity contribution is 0.315. The van der Waals surface area contributed by atoms with Crippen LogP contribution in [0.25, 0.3) is 0 Å². The summed E-state index contributed by atoms with van der Waals surface area (Å²) in [6, 6.07) is 3.37. The molecule has 0 bridgehead atoms. The van der Waals surface area contributed by atoms with Gasteiger partial charge in [-0.05, 0) is 26.0 Å². The quantitative estimate of drug-likeness (QED) is 0.345. The van der Waals surface area contributed by atoms with Gasteiger partial charge in [-0.15, -0.1) is 0 Å². The van der Waals surface area contributed by atoms with E-state index in [-0.39, 0.29) is 5.15 Å². The summed E-state index contributed by atoms with van der Waals surface area (Å²) in [6.45, 7) is 3.40. The van der Waals surface area contributed by atoms with Gasteiger partial charge in [0.05, 0.1) is 13.2 Å². The van der Waals surface area contributed by atoms with Gasteiger partial charge in [0.15, 0.2) is 16.8 Å². The smallest absolute Gasteiger partial charge is 0.364 e. The minimum Gasteiger partial charge on any atom is -0.481 e. The number of hydrogen-bond donors (Lipinski definition) is 0. The molecule has 0 spiro atoms. The Bertz CT molecular complexity index is 499. The molecule has 0 aliphatic carbocycles. The highest BCUT2D eigenvalue weighted by molar-refractivity contribution is 8.09. The summed E-state index contributed by atoms with van der Waals surface area (Å²) in [4.78, 5) is 3.92. The van der Waals surface area contributed by atoms with E-state index < -0.39 is 6.64 Å². The average Bonchev–Trinajstić information content (AvgIpc) is 2.32. The summed E-state index contributed by atoms with van der Waals surface area (Å²) in [6.07, 6.45) is 1.56. The highest BCUT2D eigenvalue weighted by Gasteiger charge is 2.22. The lowest BCUT2D eigenvalue weighted by Crippen LogP contribution is -2.03. The Hall–Kier alpha value is -0.680. The van der Waals surface area contributed by atoms with Gasteiger partial charge >= 0.3 is 6.64 Å². The second-order valence-corrected chi connectivity index (χ2v) is 6.64. The lowest BCUT2D eigenvalue weighted by Gasteiger charge is -2.18. The van der Waals surface area contributed by atoms with Crippen molar-refractivity contribution in [3.63, 3.8) is 0 Å². The van der Waals surface area contributed by atoms with Crippen LogP contribution >= 0.6 is 18.2 Å². The summed E-state index contributed by atoms with van der Waals surface area (Å²) in [5, 5.41) is 0.223. The van der Waals surface area contributed by atoms with Gasteiger partial charge in [0.2, 0.25) is 0 Å². The topological polar surface area (TPSA) is 52.9 Å². The van der Waals surface area contributed by atoms with Gasteiger partial charge in [0.25, 0.3) is 0 Å². The first-order valence-corrected chi connectivity index (χ1v) is 8.72. The Morgan fingerprint density at radius 1 is 1.47 bits per heavy atom. The van der Waals surface area contributed by atoms with E-state index in [2.05, 4.69) is 9.75 Å². The molecule has 0 saturated heterocycles. The van der Waals surface area contributed by atoms with E-state index in [1.54, 1.807) is 25.3 Å². The van der Waals surface area contributed by atoms with E-state index in [1.807, 2.05) is 13.8 Å². The number of rotatable bonds is 6. The predicted octanol–water partition coefficient (Wildman–Crippen LogP) is 3.83. The molecule has 0 fully saturated rings. The van der Waals surface area contributed by atoms with Crippen LogP contribution in [-0.4, -0.2) is 24.1 Å². The molecule has 0 N–H and O–H groups in total. The van der Waals surface area contributed by atoms with E-state index in [0.717, 1.165) is 0 Å². The van der Waals surface area contributed by atoms with Crippen LogP contribution in [0.2, 0.25) is 5.15 Å². The third kappa shape index (κ3) is 5.45. The van der Waals surface area contributed by atoms with Crippen molar-refractivity contribution in [2.75, 3.05) is 13.2 Å². The molecule has 1 rings (SSSR count). The van der Waals surface area contributed by atoms with Crippen molar-refractivity contribution in [2.45, 2.75) is 20.8 Å². The number of hydrogen-bond acceptors (Lipinski definition) is 5.